The first kappa shape index (κ1) is 37.4. The molecule has 1 heterocycles. The van der Waals surface area contributed by atoms with Gasteiger partial charge in [-0.1, -0.05) is 96.1 Å². The maximum absolute atomic E-state index is 4.18. The second kappa shape index (κ2) is 42.7. The Bertz CT molecular complexity index is 205. The van der Waals surface area contributed by atoms with Gasteiger partial charge in [0.25, 0.3) is 0 Å². The van der Waals surface area contributed by atoms with Crippen molar-refractivity contribution in [2.24, 2.45) is 5.92 Å². The molecule has 133 valence electrons. The Labute approximate surface area is 145 Å². The van der Waals surface area contributed by atoms with Crippen LogP contribution >= 0.6 is 0 Å². The van der Waals surface area contributed by atoms with Crippen LogP contribution in [0.25, 0.3) is 0 Å². The molecule has 0 aliphatic rings. The predicted octanol–water partition coefficient (Wildman–Crippen LogP) is 7.59. The third-order valence-corrected chi connectivity index (χ3v) is 1.28. The van der Waals surface area contributed by atoms with Crippen LogP contribution < -0.4 is 0 Å². The number of hydrogen-bond acceptors (Lipinski definition) is 1. The minimum absolute atomic E-state index is 0. The van der Waals surface area contributed by atoms with Crippen LogP contribution in [0, 0.1) is 5.92 Å². The van der Waals surface area contributed by atoms with Gasteiger partial charge >= 0.3 is 0 Å². The predicted molar refractivity (Wildman–Crippen MR) is 110 cm³/mol. The third kappa shape index (κ3) is 50.7. The van der Waals surface area contributed by atoms with Gasteiger partial charge in [0.15, 0.2) is 0 Å². The van der Waals surface area contributed by atoms with Crippen molar-refractivity contribution in [3.8, 4) is 0 Å². The number of nitrogens with zero attached hydrogens (tertiary/aromatic N) is 1. The summed E-state index contributed by atoms with van der Waals surface area (Å²) in [5.74, 6) is 1.38. The summed E-state index contributed by atoms with van der Waals surface area (Å²) in [7, 11) is 0. The molecule has 0 unspecified atom stereocenters. The molecule has 1 nitrogen and oxygen atoms in total. The Balaban J connectivity index is -0.0000000424. The molecule has 0 saturated carbocycles. The van der Waals surface area contributed by atoms with Crippen molar-refractivity contribution >= 4 is 8.41 Å². The van der Waals surface area contributed by atoms with E-state index in [0.717, 1.165) is 11.6 Å². The molecule has 0 fully saturated rings. The van der Waals surface area contributed by atoms with Gasteiger partial charge in [0.1, 0.15) is 0 Å². The molecule has 0 bridgehead atoms. The van der Waals surface area contributed by atoms with E-state index in [0.29, 0.717) is 5.92 Å². The summed E-state index contributed by atoms with van der Waals surface area (Å²) in [6, 6.07) is 6.00. The second-order valence-corrected chi connectivity index (χ2v) is 4.14. The van der Waals surface area contributed by atoms with Crippen molar-refractivity contribution in [2.75, 3.05) is 0 Å². The lowest BCUT2D eigenvalue weighted by Gasteiger charge is -2.00. The highest BCUT2D eigenvalue weighted by atomic mass is 14.7. The molecule has 1 aromatic heterocycles. The molecule has 0 amide bonds. The molecule has 22 heavy (non-hydrogen) atoms. The zero-order valence-corrected chi connectivity index (χ0v) is 18.0. The van der Waals surface area contributed by atoms with Gasteiger partial charge in [-0.05, 0) is 24.0 Å². The molecule has 0 aromatic carbocycles. The summed E-state index contributed by atoms with van der Waals surface area (Å²) in [5.41, 5.74) is 1.16. The molecule has 0 aliphatic heterocycles. The fraction of sp³-hybridized carbons (Fsp3) is 0.750. The van der Waals surface area contributed by atoms with Crippen LogP contribution in [0.1, 0.15) is 102 Å². The van der Waals surface area contributed by atoms with E-state index in [-0.39, 0.29) is 8.41 Å². The second-order valence-electron chi connectivity index (χ2n) is 4.14. The lowest BCUT2D eigenvalue weighted by atomic mass is 10.1. The Hall–Kier alpha value is -0.785. The van der Waals surface area contributed by atoms with Crippen molar-refractivity contribution < 1.29 is 0 Å². The van der Waals surface area contributed by atoms with Gasteiger partial charge in [0, 0.05) is 20.3 Å². The van der Waals surface area contributed by atoms with Crippen LogP contribution in [0.4, 0.5) is 0 Å². The highest BCUT2D eigenvalue weighted by molar-refractivity contribution is 5.75. The molecular formula is C20H45BN. The molecule has 0 aliphatic carbocycles. The standard InChI is InChI=1S/C8H11N.C4H10.4C2H6.B/c1-7(2)8-5-3-4-6-9-8;1-4(2)3;4*1-2;/h3-7H,1-2H3;4H,1-3H3;4*1-2H3;. The average Bonchev–Trinajstić information content (AvgIpc) is 2.55. The maximum Gasteiger partial charge on any atom is 0.0428 e. The Morgan fingerprint density at radius 2 is 1.00 bits per heavy atom. The highest BCUT2D eigenvalue weighted by Crippen LogP contribution is 2.08. The number of aromatic nitrogens is 1. The van der Waals surface area contributed by atoms with Gasteiger partial charge in [-0.25, -0.2) is 0 Å². The van der Waals surface area contributed by atoms with E-state index in [4.69, 9.17) is 0 Å². The average molecular weight is 310 g/mol. The monoisotopic (exact) mass is 310 g/mol. The first-order chi connectivity index (χ1) is 10.0. The Kier molecular flexibility index (Phi) is 72.8. The van der Waals surface area contributed by atoms with Gasteiger partial charge in [-0.15, -0.1) is 0 Å². The molecule has 0 saturated heterocycles. The highest BCUT2D eigenvalue weighted by Gasteiger charge is 1.95. The number of rotatable bonds is 1. The van der Waals surface area contributed by atoms with E-state index in [2.05, 4.69) is 39.6 Å². The lowest BCUT2D eigenvalue weighted by Crippen LogP contribution is -1.88. The molecule has 0 spiro atoms. The summed E-state index contributed by atoms with van der Waals surface area (Å²) in [6.45, 7) is 26.8. The molecule has 0 atom stereocenters. The summed E-state index contributed by atoms with van der Waals surface area (Å²) in [4.78, 5) is 4.18. The minimum atomic E-state index is 0. The van der Waals surface area contributed by atoms with Crippen molar-refractivity contribution in [3.63, 3.8) is 0 Å². The fourth-order valence-electron chi connectivity index (χ4n) is 0.717. The smallest absolute Gasteiger partial charge is 0.0428 e. The van der Waals surface area contributed by atoms with Crippen LogP contribution in [-0.2, 0) is 0 Å². The number of hydrogen-bond donors (Lipinski definition) is 0. The summed E-state index contributed by atoms with van der Waals surface area (Å²) < 4.78 is 0. The summed E-state index contributed by atoms with van der Waals surface area (Å²) in [6.07, 6.45) is 1.83. The van der Waals surface area contributed by atoms with Crippen LogP contribution in [0.15, 0.2) is 24.4 Å². The van der Waals surface area contributed by atoms with Crippen molar-refractivity contribution in [1.82, 2.24) is 4.98 Å². The molecule has 1 rings (SSSR count). The van der Waals surface area contributed by atoms with Gasteiger partial charge in [0.05, 0.1) is 0 Å². The Morgan fingerprint density at radius 1 is 0.682 bits per heavy atom. The van der Waals surface area contributed by atoms with Gasteiger partial charge in [-0.2, -0.15) is 0 Å². The van der Waals surface area contributed by atoms with Gasteiger partial charge in [-0.3, -0.25) is 4.98 Å². The van der Waals surface area contributed by atoms with Crippen molar-refractivity contribution in [2.45, 2.75) is 95.9 Å². The van der Waals surface area contributed by atoms with E-state index >= 15 is 0 Å². The van der Waals surface area contributed by atoms with E-state index in [9.17, 15) is 0 Å². The van der Waals surface area contributed by atoms with Crippen LogP contribution in [0.3, 0.4) is 0 Å². The van der Waals surface area contributed by atoms with Crippen molar-refractivity contribution in [1.29, 1.82) is 0 Å². The third-order valence-electron chi connectivity index (χ3n) is 1.28. The SMILES string of the molecule is CC.CC.CC.CC.CC(C)C.CC(C)c1ccccn1.[B]. The lowest BCUT2D eigenvalue weighted by molar-refractivity contribution is 0.737. The minimum Gasteiger partial charge on any atom is -0.261 e. The van der Waals surface area contributed by atoms with E-state index in [1.807, 2.05) is 79.8 Å². The van der Waals surface area contributed by atoms with Crippen LogP contribution in [0.2, 0.25) is 0 Å². The molecular weight excluding hydrogens is 265 g/mol. The maximum atomic E-state index is 4.18. The van der Waals surface area contributed by atoms with E-state index < -0.39 is 0 Å². The zero-order chi connectivity index (χ0) is 18.3. The summed E-state index contributed by atoms with van der Waals surface area (Å²) >= 11 is 0. The zero-order valence-electron chi connectivity index (χ0n) is 18.0. The topological polar surface area (TPSA) is 12.9 Å². The molecule has 3 radical (unpaired) electrons. The molecule has 0 N–H and O–H groups in total. The summed E-state index contributed by atoms with van der Waals surface area (Å²) in [5, 5.41) is 0. The Morgan fingerprint density at radius 3 is 1.14 bits per heavy atom. The van der Waals surface area contributed by atoms with Gasteiger partial charge < -0.3 is 0 Å². The first-order valence-corrected chi connectivity index (χ1v) is 8.95. The fourth-order valence-corrected chi connectivity index (χ4v) is 0.717. The van der Waals surface area contributed by atoms with Crippen LogP contribution in [0.5, 0.6) is 0 Å². The quantitative estimate of drug-likeness (QED) is 0.487. The normalized spacial score (nSPS) is 6.86. The van der Waals surface area contributed by atoms with Crippen molar-refractivity contribution in [3.05, 3.63) is 30.1 Å². The number of pyridine rings is 1. The largest absolute Gasteiger partial charge is 0.261 e. The van der Waals surface area contributed by atoms with Gasteiger partial charge in [0.2, 0.25) is 0 Å². The van der Waals surface area contributed by atoms with E-state index in [1.54, 1.807) is 0 Å². The molecule has 2 heteroatoms. The first-order valence-electron chi connectivity index (χ1n) is 8.95. The van der Waals surface area contributed by atoms with E-state index in [1.165, 1.54) is 0 Å². The van der Waals surface area contributed by atoms with Crippen LogP contribution in [-0.4, -0.2) is 13.4 Å². The molecule has 1 aromatic rings.